The van der Waals surface area contributed by atoms with Gasteiger partial charge in [-0.1, -0.05) is 29.8 Å². The average molecular weight is 397 g/mol. The molecule has 1 aliphatic rings. The number of Topliss-reactive ketones (excluding diaryl/α,β-unsaturated/α-hetero) is 1. The minimum Gasteiger partial charge on any atom is -0.497 e. The number of esters is 1. The molecule has 2 aromatic carbocycles. The lowest BCUT2D eigenvalue weighted by atomic mass is 10.1. The van der Waals surface area contributed by atoms with Gasteiger partial charge in [-0.2, -0.15) is 0 Å². The molecular formula is C22H23NO6. The number of benzene rings is 2. The topological polar surface area (TPSA) is 82.1 Å². The van der Waals surface area contributed by atoms with Crippen LogP contribution >= 0.6 is 0 Å². The molecule has 7 nitrogen and oxygen atoms in total. The van der Waals surface area contributed by atoms with E-state index in [1.807, 2.05) is 19.1 Å². The predicted octanol–water partition coefficient (Wildman–Crippen LogP) is 2.79. The van der Waals surface area contributed by atoms with Crippen LogP contribution in [0.3, 0.4) is 0 Å². The molecule has 152 valence electrons. The standard InChI is InChI=1S/C22H23NO6/c1-14-4-6-15(7-5-14)19(24)13-29-22(26)16-10-21(25)23(12-16)18-11-17(27-2)8-9-20(18)28-3/h4-9,11,16H,10,12-13H2,1-3H3/t16-/m1/s1. The Kier molecular flexibility index (Phi) is 6.16. The predicted molar refractivity (Wildman–Crippen MR) is 106 cm³/mol. The maximum Gasteiger partial charge on any atom is 0.311 e. The third kappa shape index (κ3) is 4.56. The van der Waals surface area contributed by atoms with Gasteiger partial charge in [0.1, 0.15) is 11.5 Å². The van der Waals surface area contributed by atoms with Gasteiger partial charge in [-0.3, -0.25) is 14.4 Å². The van der Waals surface area contributed by atoms with Crippen molar-refractivity contribution in [3.05, 3.63) is 53.6 Å². The number of ether oxygens (including phenoxy) is 3. The van der Waals surface area contributed by atoms with Gasteiger partial charge < -0.3 is 19.1 Å². The molecular weight excluding hydrogens is 374 g/mol. The number of hydrogen-bond acceptors (Lipinski definition) is 6. The first-order valence-corrected chi connectivity index (χ1v) is 9.22. The molecule has 1 saturated heterocycles. The molecule has 0 radical (unpaired) electrons. The van der Waals surface area contributed by atoms with E-state index in [0.29, 0.717) is 22.7 Å². The van der Waals surface area contributed by atoms with E-state index in [1.54, 1.807) is 30.3 Å². The molecule has 0 saturated carbocycles. The smallest absolute Gasteiger partial charge is 0.311 e. The first-order chi connectivity index (χ1) is 13.9. The van der Waals surface area contributed by atoms with Crippen LogP contribution < -0.4 is 14.4 Å². The minimum absolute atomic E-state index is 0.0118. The van der Waals surface area contributed by atoms with Crippen LogP contribution in [0.5, 0.6) is 11.5 Å². The molecule has 1 fully saturated rings. The highest BCUT2D eigenvalue weighted by atomic mass is 16.5. The van der Waals surface area contributed by atoms with Crippen LogP contribution in [-0.4, -0.2) is 45.0 Å². The number of rotatable bonds is 7. The van der Waals surface area contributed by atoms with Gasteiger partial charge in [0.25, 0.3) is 0 Å². The third-order valence-corrected chi connectivity index (χ3v) is 4.85. The van der Waals surface area contributed by atoms with E-state index in [4.69, 9.17) is 14.2 Å². The molecule has 0 bridgehead atoms. The zero-order valence-corrected chi connectivity index (χ0v) is 16.6. The van der Waals surface area contributed by atoms with Crippen molar-refractivity contribution >= 4 is 23.3 Å². The van der Waals surface area contributed by atoms with E-state index in [1.165, 1.54) is 19.1 Å². The van der Waals surface area contributed by atoms with Gasteiger partial charge >= 0.3 is 5.97 Å². The highest BCUT2D eigenvalue weighted by Crippen LogP contribution is 2.36. The summed E-state index contributed by atoms with van der Waals surface area (Å²) in [6.07, 6.45) is 0.0118. The first-order valence-electron chi connectivity index (χ1n) is 9.22. The van der Waals surface area contributed by atoms with Crippen molar-refractivity contribution in [1.82, 2.24) is 0 Å². The van der Waals surface area contributed by atoms with Crippen molar-refractivity contribution in [1.29, 1.82) is 0 Å². The maximum atomic E-state index is 12.5. The normalized spacial score (nSPS) is 15.9. The highest BCUT2D eigenvalue weighted by Gasteiger charge is 2.37. The first kappa shape index (κ1) is 20.4. The molecule has 0 aromatic heterocycles. The fourth-order valence-corrected chi connectivity index (χ4v) is 3.18. The minimum atomic E-state index is -0.649. The molecule has 3 rings (SSSR count). The van der Waals surface area contributed by atoms with Gasteiger partial charge in [0.15, 0.2) is 12.4 Å². The second-order valence-electron chi connectivity index (χ2n) is 6.84. The number of methoxy groups -OCH3 is 2. The van der Waals surface area contributed by atoms with Crippen molar-refractivity contribution in [2.45, 2.75) is 13.3 Å². The molecule has 29 heavy (non-hydrogen) atoms. The molecule has 1 heterocycles. The molecule has 0 aliphatic carbocycles. The fourth-order valence-electron chi connectivity index (χ4n) is 3.18. The summed E-state index contributed by atoms with van der Waals surface area (Å²) in [5, 5.41) is 0. The van der Waals surface area contributed by atoms with Crippen LogP contribution in [0.25, 0.3) is 0 Å². The number of anilines is 1. The summed E-state index contributed by atoms with van der Waals surface area (Å²) in [6.45, 7) is 1.73. The molecule has 1 amide bonds. The lowest BCUT2D eigenvalue weighted by molar-refractivity contribution is -0.147. The Morgan fingerprint density at radius 2 is 1.79 bits per heavy atom. The summed E-state index contributed by atoms with van der Waals surface area (Å²) in [5.74, 6) is -0.643. The Bertz CT molecular complexity index is 921. The van der Waals surface area contributed by atoms with Gasteiger partial charge in [0.2, 0.25) is 5.91 Å². The Hall–Kier alpha value is -3.35. The number of ketones is 1. The third-order valence-electron chi connectivity index (χ3n) is 4.85. The van der Waals surface area contributed by atoms with Crippen molar-refractivity contribution in [2.24, 2.45) is 5.92 Å². The van der Waals surface area contributed by atoms with E-state index >= 15 is 0 Å². The molecule has 0 unspecified atom stereocenters. The number of carbonyl (C=O) groups excluding carboxylic acids is 3. The number of amides is 1. The van der Waals surface area contributed by atoms with Gasteiger partial charge in [0.05, 0.1) is 25.8 Å². The van der Waals surface area contributed by atoms with Crippen molar-refractivity contribution in [3.63, 3.8) is 0 Å². The quantitative estimate of drug-likeness (QED) is 0.528. The monoisotopic (exact) mass is 397 g/mol. The summed E-state index contributed by atoms with van der Waals surface area (Å²) in [6, 6.07) is 12.2. The lowest BCUT2D eigenvalue weighted by Gasteiger charge is -2.20. The van der Waals surface area contributed by atoms with E-state index in [9.17, 15) is 14.4 Å². The van der Waals surface area contributed by atoms with Crippen molar-refractivity contribution < 1.29 is 28.6 Å². The lowest BCUT2D eigenvalue weighted by Crippen LogP contribution is -2.27. The molecule has 1 aliphatic heterocycles. The highest BCUT2D eigenvalue weighted by molar-refractivity contribution is 6.01. The second kappa shape index (κ2) is 8.77. The Morgan fingerprint density at radius 1 is 1.07 bits per heavy atom. The number of nitrogens with zero attached hydrogens (tertiary/aromatic N) is 1. The van der Waals surface area contributed by atoms with Crippen LogP contribution in [0.15, 0.2) is 42.5 Å². The maximum absolute atomic E-state index is 12.5. The SMILES string of the molecule is COc1ccc(OC)c(N2C[C@H](C(=O)OCC(=O)c3ccc(C)cc3)CC2=O)c1. The summed E-state index contributed by atoms with van der Waals surface area (Å²) in [5.41, 5.74) is 2.05. The Labute approximate surface area is 169 Å². The van der Waals surface area contributed by atoms with Crippen molar-refractivity contribution in [2.75, 3.05) is 32.3 Å². The Morgan fingerprint density at radius 3 is 2.45 bits per heavy atom. The second-order valence-corrected chi connectivity index (χ2v) is 6.84. The summed E-state index contributed by atoms with van der Waals surface area (Å²) < 4.78 is 15.7. The van der Waals surface area contributed by atoms with Crippen molar-refractivity contribution in [3.8, 4) is 11.5 Å². The molecule has 1 atom stereocenters. The average Bonchev–Trinajstić information content (AvgIpc) is 3.13. The summed E-state index contributed by atoms with van der Waals surface area (Å²) >= 11 is 0. The largest absolute Gasteiger partial charge is 0.497 e. The summed E-state index contributed by atoms with van der Waals surface area (Å²) in [7, 11) is 3.04. The van der Waals surface area contributed by atoms with Crippen LogP contribution in [0.4, 0.5) is 5.69 Å². The van der Waals surface area contributed by atoms with E-state index in [0.717, 1.165) is 5.56 Å². The number of carbonyl (C=O) groups is 3. The molecule has 0 spiro atoms. The molecule has 7 heteroatoms. The molecule has 0 N–H and O–H groups in total. The van der Waals surface area contributed by atoms with Crippen LogP contribution in [0, 0.1) is 12.8 Å². The van der Waals surface area contributed by atoms with E-state index in [2.05, 4.69) is 0 Å². The van der Waals surface area contributed by atoms with Gasteiger partial charge in [-0.05, 0) is 19.1 Å². The Balaban J connectivity index is 1.64. The van der Waals surface area contributed by atoms with Gasteiger partial charge in [0, 0.05) is 24.6 Å². The zero-order valence-electron chi connectivity index (χ0n) is 16.6. The zero-order chi connectivity index (χ0) is 21.0. The number of hydrogen-bond donors (Lipinski definition) is 0. The van der Waals surface area contributed by atoms with Gasteiger partial charge in [-0.15, -0.1) is 0 Å². The van der Waals surface area contributed by atoms with Crippen LogP contribution in [0.1, 0.15) is 22.3 Å². The fraction of sp³-hybridized carbons (Fsp3) is 0.318. The van der Waals surface area contributed by atoms with E-state index in [-0.39, 0.29) is 31.3 Å². The van der Waals surface area contributed by atoms with E-state index < -0.39 is 11.9 Å². The summed E-state index contributed by atoms with van der Waals surface area (Å²) in [4.78, 5) is 38.6. The van der Waals surface area contributed by atoms with Crippen LogP contribution in [-0.2, 0) is 14.3 Å². The number of aryl methyl sites for hydroxylation is 1. The van der Waals surface area contributed by atoms with Crippen LogP contribution in [0.2, 0.25) is 0 Å². The molecule has 2 aromatic rings. The van der Waals surface area contributed by atoms with Gasteiger partial charge in [-0.25, -0.2) is 0 Å².